The summed E-state index contributed by atoms with van der Waals surface area (Å²) in [6, 6.07) is 8.34. The third-order valence-corrected chi connectivity index (χ3v) is 3.82. The number of hydrogen-bond donors (Lipinski definition) is 0. The third-order valence-electron chi connectivity index (χ3n) is 3.82. The molecule has 0 bridgehead atoms. The Hall–Kier alpha value is -1.77. The molecule has 0 N–H and O–H groups in total. The normalized spacial score (nSPS) is 15.8. The Morgan fingerprint density at radius 1 is 1.11 bits per heavy atom. The van der Waals surface area contributed by atoms with Crippen LogP contribution in [0.4, 0.5) is 5.69 Å². The van der Waals surface area contributed by atoms with Crippen LogP contribution >= 0.6 is 0 Å². The number of ether oxygens (including phenoxy) is 1. The summed E-state index contributed by atoms with van der Waals surface area (Å²) in [5.74, 6) is 0.899. The van der Waals surface area contributed by atoms with Crippen LogP contribution < -0.4 is 9.64 Å². The van der Waals surface area contributed by atoms with Gasteiger partial charge in [0.1, 0.15) is 5.75 Å². The molecule has 1 aromatic carbocycles. The van der Waals surface area contributed by atoms with E-state index in [1.165, 1.54) is 30.3 Å². The van der Waals surface area contributed by atoms with E-state index in [1.807, 2.05) is 6.07 Å². The standard InChI is InChI=1S/C16H20N2O/c1-12-10-16(18-8-4-3-5-9-18)14-11-13(19-2)6-7-15(14)17-12/h6-7,10-11H,3-5,8-9H2,1-2H3. The van der Waals surface area contributed by atoms with Crippen LogP contribution in [0, 0.1) is 6.92 Å². The van der Waals surface area contributed by atoms with Crippen molar-refractivity contribution in [1.29, 1.82) is 0 Å². The van der Waals surface area contributed by atoms with Crippen LogP contribution in [0.3, 0.4) is 0 Å². The minimum atomic E-state index is 0.899. The van der Waals surface area contributed by atoms with E-state index in [2.05, 4.69) is 35.0 Å². The van der Waals surface area contributed by atoms with Crippen LogP contribution in [0.5, 0.6) is 5.75 Å². The maximum atomic E-state index is 5.35. The zero-order chi connectivity index (χ0) is 13.2. The topological polar surface area (TPSA) is 25.4 Å². The van der Waals surface area contributed by atoms with Gasteiger partial charge in [0.25, 0.3) is 0 Å². The second-order valence-corrected chi connectivity index (χ2v) is 5.21. The molecule has 1 aromatic heterocycles. The monoisotopic (exact) mass is 256 g/mol. The molecule has 19 heavy (non-hydrogen) atoms. The number of fused-ring (bicyclic) bond motifs is 1. The van der Waals surface area contributed by atoms with Gasteiger partial charge in [0.15, 0.2) is 0 Å². The molecule has 1 aliphatic rings. The molecule has 2 aromatic rings. The molecule has 0 saturated carbocycles. The molecule has 3 rings (SSSR count). The van der Waals surface area contributed by atoms with E-state index in [9.17, 15) is 0 Å². The van der Waals surface area contributed by atoms with Crippen molar-refractivity contribution in [1.82, 2.24) is 4.98 Å². The maximum Gasteiger partial charge on any atom is 0.119 e. The number of nitrogens with zero attached hydrogens (tertiary/aromatic N) is 2. The van der Waals surface area contributed by atoms with Gasteiger partial charge < -0.3 is 9.64 Å². The zero-order valence-electron chi connectivity index (χ0n) is 11.6. The Balaban J connectivity index is 2.14. The Morgan fingerprint density at radius 3 is 2.63 bits per heavy atom. The van der Waals surface area contributed by atoms with Crippen molar-refractivity contribution < 1.29 is 4.74 Å². The average molecular weight is 256 g/mol. The highest BCUT2D eigenvalue weighted by molar-refractivity contribution is 5.93. The summed E-state index contributed by atoms with van der Waals surface area (Å²) < 4.78 is 5.35. The van der Waals surface area contributed by atoms with Gasteiger partial charge in [-0.3, -0.25) is 4.98 Å². The molecule has 0 atom stereocenters. The number of piperidine rings is 1. The lowest BCUT2D eigenvalue weighted by molar-refractivity contribution is 0.415. The molecule has 1 fully saturated rings. The van der Waals surface area contributed by atoms with Gasteiger partial charge in [0, 0.05) is 29.9 Å². The summed E-state index contributed by atoms with van der Waals surface area (Å²) >= 11 is 0. The molecule has 100 valence electrons. The van der Waals surface area contributed by atoms with Crippen molar-refractivity contribution in [3.8, 4) is 5.75 Å². The average Bonchev–Trinajstić information content (AvgIpc) is 2.47. The number of benzene rings is 1. The predicted molar refractivity (Wildman–Crippen MR) is 79.1 cm³/mol. The minimum absolute atomic E-state index is 0.899. The lowest BCUT2D eigenvalue weighted by atomic mass is 10.1. The molecule has 0 unspecified atom stereocenters. The fourth-order valence-corrected chi connectivity index (χ4v) is 2.84. The fourth-order valence-electron chi connectivity index (χ4n) is 2.84. The molecular weight excluding hydrogens is 236 g/mol. The summed E-state index contributed by atoms with van der Waals surface area (Å²) in [5.41, 5.74) is 3.45. The van der Waals surface area contributed by atoms with Crippen LogP contribution in [0.2, 0.25) is 0 Å². The lowest BCUT2D eigenvalue weighted by Gasteiger charge is -2.30. The zero-order valence-corrected chi connectivity index (χ0v) is 11.6. The quantitative estimate of drug-likeness (QED) is 0.821. The van der Waals surface area contributed by atoms with Crippen LogP contribution in [0.25, 0.3) is 10.9 Å². The van der Waals surface area contributed by atoms with Crippen molar-refractivity contribution in [2.45, 2.75) is 26.2 Å². The van der Waals surface area contributed by atoms with Gasteiger partial charge in [-0.15, -0.1) is 0 Å². The van der Waals surface area contributed by atoms with Gasteiger partial charge in [-0.05, 0) is 50.5 Å². The van der Waals surface area contributed by atoms with Gasteiger partial charge >= 0.3 is 0 Å². The number of hydrogen-bond acceptors (Lipinski definition) is 3. The number of rotatable bonds is 2. The number of pyridine rings is 1. The molecule has 1 saturated heterocycles. The number of aromatic nitrogens is 1. The largest absolute Gasteiger partial charge is 0.497 e. The fraction of sp³-hybridized carbons (Fsp3) is 0.438. The van der Waals surface area contributed by atoms with Gasteiger partial charge in [-0.2, -0.15) is 0 Å². The highest BCUT2D eigenvalue weighted by Gasteiger charge is 2.15. The van der Waals surface area contributed by atoms with Crippen LogP contribution in [0.1, 0.15) is 25.0 Å². The Morgan fingerprint density at radius 2 is 1.89 bits per heavy atom. The molecule has 3 nitrogen and oxygen atoms in total. The lowest BCUT2D eigenvalue weighted by Crippen LogP contribution is -2.29. The van der Waals surface area contributed by atoms with Crippen molar-refractivity contribution in [2.24, 2.45) is 0 Å². The van der Waals surface area contributed by atoms with Crippen molar-refractivity contribution in [2.75, 3.05) is 25.1 Å². The molecule has 0 aliphatic carbocycles. The van der Waals surface area contributed by atoms with E-state index < -0.39 is 0 Å². The number of anilines is 1. The van der Waals surface area contributed by atoms with Crippen LogP contribution in [0.15, 0.2) is 24.3 Å². The van der Waals surface area contributed by atoms with E-state index in [1.54, 1.807) is 7.11 Å². The van der Waals surface area contributed by atoms with E-state index in [0.717, 1.165) is 30.0 Å². The summed E-state index contributed by atoms with van der Waals surface area (Å²) in [6.07, 6.45) is 3.92. The van der Waals surface area contributed by atoms with Gasteiger partial charge in [-0.25, -0.2) is 0 Å². The first-order chi connectivity index (χ1) is 9.28. The van der Waals surface area contributed by atoms with E-state index in [-0.39, 0.29) is 0 Å². The van der Waals surface area contributed by atoms with E-state index in [0.29, 0.717) is 0 Å². The molecular formula is C16H20N2O. The molecule has 2 heterocycles. The summed E-state index contributed by atoms with van der Waals surface area (Å²) in [6.45, 7) is 4.36. The van der Waals surface area contributed by atoms with Crippen molar-refractivity contribution in [3.63, 3.8) is 0 Å². The van der Waals surface area contributed by atoms with Crippen molar-refractivity contribution in [3.05, 3.63) is 30.0 Å². The van der Waals surface area contributed by atoms with Gasteiger partial charge in [-0.1, -0.05) is 0 Å². The minimum Gasteiger partial charge on any atom is -0.497 e. The predicted octanol–water partition coefficient (Wildman–Crippen LogP) is 3.54. The number of methoxy groups -OCH3 is 1. The highest BCUT2D eigenvalue weighted by Crippen LogP contribution is 2.31. The number of aryl methyl sites for hydroxylation is 1. The second kappa shape index (κ2) is 5.08. The first kappa shape index (κ1) is 12.3. The maximum absolute atomic E-state index is 5.35. The van der Waals surface area contributed by atoms with E-state index >= 15 is 0 Å². The van der Waals surface area contributed by atoms with E-state index in [4.69, 9.17) is 4.74 Å². The third kappa shape index (κ3) is 2.37. The van der Waals surface area contributed by atoms with Crippen LogP contribution in [-0.2, 0) is 0 Å². The smallest absolute Gasteiger partial charge is 0.119 e. The first-order valence-corrected chi connectivity index (χ1v) is 6.98. The Labute approximate surface area is 114 Å². The van der Waals surface area contributed by atoms with Crippen molar-refractivity contribution >= 4 is 16.6 Å². The first-order valence-electron chi connectivity index (χ1n) is 6.98. The Bertz CT molecular complexity index is 589. The Kier molecular flexibility index (Phi) is 3.28. The second-order valence-electron chi connectivity index (χ2n) is 5.21. The molecule has 0 amide bonds. The summed E-state index contributed by atoms with van der Waals surface area (Å²) in [7, 11) is 1.71. The molecule has 1 aliphatic heterocycles. The summed E-state index contributed by atoms with van der Waals surface area (Å²) in [5, 5.41) is 1.20. The molecule has 3 heteroatoms. The summed E-state index contributed by atoms with van der Waals surface area (Å²) in [4.78, 5) is 7.11. The van der Waals surface area contributed by atoms with Crippen LogP contribution in [-0.4, -0.2) is 25.2 Å². The SMILES string of the molecule is COc1ccc2nc(C)cc(N3CCCCC3)c2c1. The van der Waals surface area contributed by atoms with Gasteiger partial charge in [0.05, 0.1) is 12.6 Å². The molecule has 0 spiro atoms. The van der Waals surface area contributed by atoms with Gasteiger partial charge in [0.2, 0.25) is 0 Å². The highest BCUT2D eigenvalue weighted by atomic mass is 16.5. The molecule has 0 radical (unpaired) electrons.